The summed E-state index contributed by atoms with van der Waals surface area (Å²) < 4.78 is 1.38. The summed E-state index contributed by atoms with van der Waals surface area (Å²) in [5, 5.41) is 17.3. The highest BCUT2D eigenvalue weighted by Gasteiger charge is 2.35. The van der Waals surface area contributed by atoms with Crippen LogP contribution in [-0.4, -0.2) is 40.4 Å². The largest absolute Gasteiger partial charge is 0.476 e. The van der Waals surface area contributed by atoms with Crippen LogP contribution < -0.4 is 10.2 Å². The van der Waals surface area contributed by atoms with E-state index in [2.05, 4.69) is 10.4 Å². The number of nitrogens with zero attached hydrogens (tertiary/aromatic N) is 3. The van der Waals surface area contributed by atoms with Gasteiger partial charge in [0.25, 0.3) is 5.91 Å². The molecule has 2 aromatic carbocycles. The summed E-state index contributed by atoms with van der Waals surface area (Å²) in [6.07, 6.45) is 0.400. The molecule has 0 bridgehead atoms. The Hall–Kier alpha value is -3.32. The second-order valence-corrected chi connectivity index (χ2v) is 6.81. The number of anilines is 2. The summed E-state index contributed by atoms with van der Waals surface area (Å²) in [6, 6.07) is 14.3. The molecule has 0 fully saturated rings. The Morgan fingerprint density at radius 2 is 1.93 bits per heavy atom. The van der Waals surface area contributed by atoms with Crippen LogP contribution in [0.4, 0.5) is 11.4 Å². The first kappa shape index (κ1) is 18.1. The standard InChI is InChI=1S/C20H17ClN4O3/c1-22-13-5-7-14(8-6-13)24-10-9-16-17(20(27)28)23-25(18(16)19(24)26)15-4-2-3-12(21)11-15/h2-8,11,22H,9-10H2,1H3,(H,27,28). The summed E-state index contributed by atoms with van der Waals surface area (Å²) in [5.74, 6) is -1.45. The van der Waals surface area contributed by atoms with Crippen molar-refractivity contribution in [1.29, 1.82) is 0 Å². The Balaban J connectivity index is 1.83. The zero-order valence-electron chi connectivity index (χ0n) is 15.0. The van der Waals surface area contributed by atoms with Gasteiger partial charge < -0.3 is 15.3 Å². The lowest BCUT2D eigenvalue weighted by atomic mass is 10.0. The third kappa shape index (κ3) is 2.99. The fourth-order valence-electron chi connectivity index (χ4n) is 3.38. The number of hydrogen-bond acceptors (Lipinski definition) is 4. The number of aromatic carboxylic acids is 1. The molecule has 7 nitrogen and oxygen atoms in total. The van der Waals surface area contributed by atoms with Crippen molar-refractivity contribution in [3.63, 3.8) is 0 Å². The normalized spacial score (nSPS) is 13.4. The summed E-state index contributed by atoms with van der Waals surface area (Å²) in [7, 11) is 1.82. The number of carbonyl (C=O) groups excluding carboxylic acids is 1. The fraction of sp³-hybridized carbons (Fsp3) is 0.150. The molecule has 28 heavy (non-hydrogen) atoms. The smallest absolute Gasteiger partial charge is 0.356 e. The predicted molar refractivity (Wildman–Crippen MR) is 107 cm³/mol. The second-order valence-electron chi connectivity index (χ2n) is 6.38. The van der Waals surface area contributed by atoms with Gasteiger partial charge in [0.05, 0.1) is 5.69 Å². The van der Waals surface area contributed by atoms with Gasteiger partial charge in [0.15, 0.2) is 5.69 Å². The lowest BCUT2D eigenvalue weighted by Crippen LogP contribution is -2.39. The highest BCUT2D eigenvalue weighted by atomic mass is 35.5. The van der Waals surface area contributed by atoms with E-state index in [1.807, 2.05) is 31.3 Å². The van der Waals surface area contributed by atoms with Crippen LogP contribution in [0.15, 0.2) is 48.5 Å². The van der Waals surface area contributed by atoms with Gasteiger partial charge in [-0.1, -0.05) is 17.7 Å². The number of carboxylic acids is 1. The molecular weight excluding hydrogens is 380 g/mol. The number of rotatable bonds is 4. The number of benzene rings is 2. The highest BCUT2D eigenvalue weighted by Crippen LogP contribution is 2.30. The minimum atomic E-state index is -1.16. The molecule has 1 amide bonds. The minimum absolute atomic E-state index is 0.103. The molecule has 0 saturated carbocycles. The molecule has 3 aromatic rings. The number of hydrogen-bond donors (Lipinski definition) is 2. The zero-order chi connectivity index (χ0) is 19.8. The maximum atomic E-state index is 13.3. The Bertz CT molecular complexity index is 1080. The topological polar surface area (TPSA) is 87.5 Å². The van der Waals surface area contributed by atoms with E-state index in [0.717, 1.165) is 11.4 Å². The molecule has 1 aromatic heterocycles. The van der Waals surface area contributed by atoms with Gasteiger partial charge in [0.2, 0.25) is 0 Å². The van der Waals surface area contributed by atoms with E-state index >= 15 is 0 Å². The third-order valence-corrected chi connectivity index (χ3v) is 4.97. The second kappa shape index (κ2) is 7.01. The van der Waals surface area contributed by atoms with Crippen LogP contribution >= 0.6 is 11.6 Å². The van der Waals surface area contributed by atoms with Gasteiger partial charge in [0.1, 0.15) is 5.69 Å². The van der Waals surface area contributed by atoms with Crippen molar-refractivity contribution in [2.45, 2.75) is 6.42 Å². The lowest BCUT2D eigenvalue weighted by Gasteiger charge is -2.27. The van der Waals surface area contributed by atoms with E-state index in [-0.39, 0.29) is 17.3 Å². The van der Waals surface area contributed by atoms with Crippen LogP contribution in [0.5, 0.6) is 0 Å². The van der Waals surface area contributed by atoms with Crippen LogP contribution in [0.3, 0.4) is 0 Å². The highest BCUT2D eigenvalue weighted by molar-refractivity contribution is 6.30. The number of nitrogens with one attached hydrogen (secondary N) is 1. The first-order chi connectivity index (χ1) is 13.5. The first-order valence-corrected chi connectivity index (χ1v) is 9.08. The van der Waals surface area contributed by atoms with Crippen LogP contribution in [0, 0.1) is 0 Å². The van der Waals surface area contributed by atoms with Crippen molar-refractivity contribution in [3.05, 3.63) is 70.5 Å². The van der Waals surface area contributed by atoms with Gasteiger partial charge in [-0.25, -0.2) is 9.48 Å². The fourth-order valence-corrected chi connectivity index (χ4v) is 3.57. The Morgan fingerprint density at radius 3 is 2.57 bits per heavy atom. The van der Waals surface area contributed by atoms with Gasteiger partial charge in [-0.15, -0.1) is 0 Å². The predicted octanol–water partition coefficient (Wildman–Crippen LogP) is 3.47. The van der Waals surface area contributed by atoms with Crippen LogP contribution in [-0.2, 0) is 6.42 Å². The number of fused-ring (bicyclic) bond motifs is 1. The molecule has 2 N–H and O–H groups in total. The first-order valence-electron chi connectivity index (χ1n) is 8.70. The van der Waals surface area contributed by atoms with Crippen molar-refractivity contribution in [2.75, 3.05) is 23.8 Å². The number of carboxylic acid groups (broad SMARTS) is 1. The van der Waals surface area contributed by atoms with Gasteiger partial charge in [-0.3, -0.25) is 4.79 Å². The van der Waals surface area contributed by atoms with Crippen LogP contribution in [0.25, 0.3) is 5.69 Å². The number of aromatic nitrogens is 2. The van der Waals surface area contributed by atoms with E-state index in [1.165, 1.54) is 4.68 Å². The molecule has 1 aliphatic heterocycles. The molecule has 0 aliphatic carbocycles. The molecule has 0 spiro atoms. The van der Waals surface area contributed by atoms with Gasteiger partial charge in [0, 0.05) is 35.6 Å². The van der Waals surface area contributed by atoms with Crippen molar-refractivity contribution in [2.24, 2.45) is 0 Å². The monoisotopic (exact) mass is 396 g/mol. The summed E-state index contributed by atoms with van der Waals surface area (Å²) in [4.78, 5) is 26.6. The third-order valence-electron chi connectivity index (χ3n) is 4.74. The molecule has 0 radical (unpaired) electrons. The molecule has 142 valence electrons. The SMILES string of the molecule is CNc1ccc(N2CCc3c(C(=O)O)nn(-c4cccc(Cl)c4)c3C2=O)cc1. The quantitative estimate of drug-likeness (QED) is 0.705. The Kier molecular flexibility index (Phi) is 4.52. The molecule has 0 atom stereocenters. The van der Waals surface area contributed by atoms with E-state index in [0.29, 0.717) is 29.2 Å². The average molecular weight is 397 g/mol. The molecule has 0 unspecified atom stereocenters. The summed E-state index contributed by atoms with van der Waals surface area (Å²) in [6.45, 7) is 0.381. The Morgan fingerprint density at radius 1 is 1.18 bits per heavy atom. The maximum absolute atomic E-state index is 13.3. The summed E-state index contributed by atoms with van der Waals surface area (Å²) in [5.41, 5.74) is 2.81. The number of amides is 1. The van der Waals surface area contributed by atoms with Crippen molar-refractivity contribution < 1.29 is 14.7 Å². The van der Waals surface area contributed by atoms with Crippen LogP contribution in [0.1, 0.15) is 26.5 Å². The molecule has 8 heteroatoms. The van der Waals surface area contributed by atoms with Gasteiger partial charge in [-0.2, -0.15) is 5.10 Å². The van der Waals surface area contributed by atoms with Gasteiger partial charge >= 0.3 is 5.97 Å². The van der Waals surface area contributed by atoms with E-state index in [4.69, 9.17) is 11.6 Å². The Labute approximate surface area is 166 Å². The molecule has 4 rings (SSSR count). The van der Waals surface area contributed by atoms with Gasteiger partial charge in [-0.05, 0) is 48.9 Å². The molecular formula is C20H17ClN4O3. The zero-order valence-corrected chi connectivity index (χ0v) is 15.8. The lowest BCUT2D eigenvalue weighted by molar-refractivity contribution is 0.0688. The molecule has 1 aliphatic rings. The van der Waals surface area contributed by atoms with E-state index in [1.54, 1.807) is 29.2 Å². The number of carbonyl (C=O) groups is 2. The van der Waals surface area contributed by atoms with Crippen molar-refractivity contribution in [3.8, 4) is 5.69 Å². The molecule has 2 heterocycles. The molecule has 0 saturated heterocycles. The number of halogens is 1. The van der Waals surface area contributed by atoms with Crippen LogP contribution in [0.2, 0.25) is 5.02 Å². The maximum Gasteiger partial charge on any atom is 0.356 e. The minimum Gasteiger partial charge on any atom is -0.476 e. The summed E-state index contributed by atoms with van der Waals surface area (Å²) >= 11 is 6.08. The van der Waals surface area contributed by atoms with E-state index < -0.39 is 5.97 Å². The van der Waals surface area contributed by atoms with Crippen molar-refractivity contribution in [1.82, 2.24) is 9.78 Å². The van der Waals surface area contributed by atoms with E-state index in [9.17, 15) is 14.7 Å². The van der Waals surface area contributed by atoms with Crippen molar-refractivity contribution >= 4 is 34.9 Å². The average Bonchev–Trinajstić information content (AvgIpc) is 3.09.